The first-order chi connectivity index (χ1) is 10.7. The standard InChI is InChI=1S/C18H27FN2O2/c1-13(14-7-5-8-15(19)11-14)20-16-9-6-10-21(12-16)17(22)23-18(2,3)4/h5,7-8,11,13,16,20H,6,9-10,12H2,1-4H3/t13-,16?/m1/s1. The van der Waals surface area contributed by atoms with Crippen molar-refractivity contribution >= 4 is 6.09 Å². The number of benzene rings is 1. The Morgan fingerprint density at radius 3 is 2.83 bits per heavy atom. The lowest BCUT2D eigenvalue weighted by molar-refractivity contribution is 0.0184. The maximum absolute atomic E-state index is 13.3. The smallest absolute Gasteiger partial charge is 0.410 e. The summed E-state index contributed by atoms with van der Waals surface area (Å²) >= 11 is 0. The van der Waals surface area contributed by atoms with Gasteiger partial charge in [0.15, 0.2) is 0 Å². The maximum atomic E-state index is 13.3. The molecule has 1 aromatic carbocycles. The Morgan fingerprint density at radius 1 is 1.43 bits per heavy atom. The molecular weight excluding hydrogens is 295 g/mol. The van der Waals surface area contributed by atoms with Crippen LogP contribution in [0.5, 0.6) is 0 Å². The Bertz CT molecular complexity index is 542. The van der Waals surface area contributed by atoms with Crippen LogP contribution in [0.15, 0.2) is 24.3 Å². The van der Waals surface area contributed by atoms with Gasteiger partial charge in [0.25, 0.3) is 0 Å². The summed E-state index contributed by atoms with van der Waals surface area (Å²) in [6, 6.07) is 6.85. The Labute approximate surface area is 138 Å². The van der Waals surface area contributed by atoms with E-state index >= 15 is 0 Å². The Hall–Kier alpha value is -1.62. The van der Waals surface area contributed by atoms with E-state index in [2.05, 4.69) is 5.32 Å². The molecule has 2 rings (SSSR count). The third-order valence-corrected chi connectivity index (χ3v) is 3.91. The third kappa shape index (κ3) is 5.50. The number of nitrogens with one attached hydrogen (secondary N) is 1. The van der Waals surface area contributed by atoms with Gasteiger partial charge < -0.3 is 15.0 Å². The fraction of sp³-hybridized carbons (Fsp3) is 0.611. The molecule has 5 heteroatoms. The van der Waals surface area contributed by atoms with Crippen molar-refractivity contribution in [2.45, 2.75) is 58.2 Å². The summed E-state index contributed by atoms with van der Waals surface area (Å²) in [5.41, 5.74) is 0.436. The molecule has 1 aliphatic heterocycles. The lowest BCUT2D eigenvalue weighted by Gasteiger charge is -2.35. The number of likely N-dealkylation sites (tertiary alicyclic amines) is 1. The molecule has 0 radical (unpaired) electrons. The van der Waals surface area contributed by atoms with Gasteiger partial charge in [-0.1, -0.05) is 12.1 Å². The predicted octanol–water partition coefficient (Wildman–Crippen LogP) is 3.88. The molecule has 1 heterocycles. The summed E-state index contributed by atoms with van der Waals surface area (Å²) in [6.45, 7) is 8.97. The highest BCUT2D eigenvalue weighted by atomic mass is 19.1. The third-order valence-electron chi connectivity index (χ3n) is 3.91. The molecule has 0 aromatic heterocycles. The SMILES string of the molecule is C[C@@H](NC1CCCN(C(=O)OC(C)(C)C)C1)c1cccc(F)c1. The molecule has 0 aliphatic carbocycles. The van der Waals surface area contributed by atoms with Gasteiger partial charge in [0.05, 0.1) is 0 Å². The highest BCUT2D eigenvalue weighted by molar-refractivity contribution is 5.68. The van der Waals surface area contributed by atoms with E-state index in [-0.39, 0.29) is 24.0 Å². The fourth-order valence-electron chi connectivity index (χ4n) is 2.83. The predicted molar refractivity (Wildman–Crippen MR) is 88.8 cm³/mol. The number of halogens is 1. The average Bonchev–Trinajstić information content (AvgIpc) is 2.45. The molecule has 1 unspecified atom stereocenters. The number of rotatable bonds is 3. The summed E-state index contributed by atoms with van der Waals surface area (Å²) in [6.07, 6.45) is 1.67. The van der Waals surface area contributed by atoms with Crippen LogP contribution in [0.3, 0.4) is 0 Å². The molecule has 0 bridgehead atoms. The van der Waals surface area contributed by atoms with Crippen LogP contribution in [0.25, 0.3) is 0 Å². The summed E-state index contributed by atoms with van der Waals surface area (Å²) in [5.74, 6) is -0.227. The maximum Gasteiger partial charge on any atom is 0.410 e. The van der Waals surface area contributed by atoms with E-state index in [9.17, 15) is 9.18 Å². The zero-order chi connectivity index (χ0) is 17.0. The van der Waals surface area contributed by atoms with Gasteiger partial charge in [-0.3, -0.25) is 0 Å². The van der Waals surface area contributed by atoms with Gasteiger partial charge in [-0.05, 0) is 58.2 Å². The second-order valence-electron chi connectivity index (χ2n) is 7.21. The minimum atomic E-state index is -0.480. The van der Waals surface area contributed by atoms with E-state index in [0.717, 1.165) is 24.9 Å². The van der Waals surface area contributed by atoms with E-state index in [1.165, 1.54) is 6.07 Å². The topological polar surface area (TPSA) is 41.6 Å². The van der Waals surface area contributed by atoms with Gasteiger partial charge in [-0.2, -0.15) is 0 Å². The number of amides is 1. The lowest BCUT2D eigenvalue weighted by Crippen LogP contribution is -2.49. The van der Waals surface area contributed by atoms with Crippen molar-refractivity contribution in [2.75, 3.05) is 13.1 Å². The van der Waals surface area contributed by atoms with Gasteiger partial charge >= 0.3 is 6.09 Å². The second kappa shape index (κ2) is 7.30. The first kappa shape index (κ1) is 17.7. The number of hydrogen-bond donors (Lipinski definition) is 1. The Kier molecular flexibility index (Phi) is 5.63. The molecular formula is C18H27FN2O2. The van der Waals surface area contributed by atoms with Crippen LogP contribution in [-0.2, 0) is 4.74 Å². The summed E-state index contributed by atoms with van der Waals surface area (Å²) in [7, 11) is 0. The number of piperidine rings is 1. The van der Waals surface area contributed by atoms with E-state index < -0.39 is 5.60 Å². The number of hydrogen-bond acceptors (Lipinski definition) is 3. The summed E-state index contributed by atoms with van der Waals surface area (Å²) in [5, 5.41) is 3.49. The summed E-state index contributed by atoms with van der Waals surface area (Å²) in [4.78, 5) is 13.9. The van der Waals surface area contributed by atoms with Gasteiger partial charge in [0.1, 0.15) is 11.4 Å². The number of nitrogens with zero attached hydrogens (tertiary/aromatic N) is 1. The normalized spacial score (nSPS) is 20.2. The van der Waals surface area contributed by atoms with E-state index in [4.69, 9.17) is 4.74 Å². The van der Waals surface area contributed by atoms with Crippen LogP contribution in [-0.4, -0.2) is 35.7 Å². The zero-order valence-corrected chi connectivity index (χ0v) is 14.4. The number of carbonyl (C=O) groups is 1. The molecule has 1 N–H and O–H groups in total. The van der Waals surface area contributed by atoms with Crippen LogP contribution in [0, 0.1) is 5.82 Å². The Morgan fingerprint density at radius 2 is 2.17 bits per heavy atom. The van der Waals surface area contributed by atoms with Crippen molar-refractivity contribution in [1.29, 1.82) is 0 Å². The minimum Gasteiger partial charge on any atom is -0.444 e. The van der Waals surface area contributed by atoms with Crippen molar-refractivity contribution in [3.05, 3.63) is 35.6 Å². The van der Waals surface area contributed by atoms with Gasteiger partial charge in [-0.15, -0.1) is 0 Å². The lowest BCUT2D eigenvalue weighted by atomic mass is 10.0. The molecule has 1 aromatic rings. The van der Waals surface area contributed by atoms with Crippen molar-refractivity contribution in [3.8, 4) is 0 Å². The zero-order valence-electron chi connectivity index (χ0n) is 14.4. The van der Waals surface area contributed by atoms with E-state index in [1.54, 1.807) is 17.0 Å². The summed E-state index contributed by atoms with van der Waals surface area (Å²) < 4.78 is 18.8. The van der Waals surface area contributed by atoms with E-state index in [0.29, 0.717) is 6.54 Å². The quantitative estimate of drug-likeness (QED) is 0.918. The van der Waals surface area contributed by atoms with Crippen LogP contribution in [0.1, 0.15) is 52.1 Å². The molecule has 2 atom stereocenters. The van der Waals surface area contributed by atoms with Crippen LogP contribution < -0.4 is 5.32 Å². The highest BCUT2D eigenvalue weighted by Gasteiger charge is 2.28. The minimum absolute atomic E-state index is 0.0364. The largest absolute Gasteiger partial charge is 0.444 e. The first-order valence-electron chi connectivity index (χ1n) is 8.24. The van der Waals surface area contributed by atoms with Gasteiger partial charge in [0.2, 0.25) is 0 Å². The van der Waals surface area contributed by atoms with Crippen molar-refractivity contribution < 1.29 is 13.9 Å². The number of ether oxygens (including phenoxy) is 1. The van der Waals surface area contributed by atoms with Gasteiger partial charge in [0, 0.05) is 25.2 Å². The molecule has 1 amide bonds. The van der Waals surface area contributed by atoms with Crippen LogP contribution in [0.2, 0.25) is 0 Å². The molecule has 4 nitrogen and oxygen atoms in total. The average molecular weight is 322 g/mol. The molecule has 0 saturated carbocycles. The molecule has 1 fully saturated rings. The van der Waals surface area contributed by atoms with E-state index in [1.807, 2.05) is 33.8 Å². The van der Waals surface area contributed by atoms with Crippen molar-refractivity contribution in [3.63, 3.8) is 0 Å². The Balaban J connectivity index is 1.92. The molecule has 0 spiro atoms. The highest BCUT2D eigenvalue weighted by Crippen LogP contribution is 2.19. The second-order valence-corrected chi connectivity index (χ2v) is 7.21. The number of carbonyl (C=O) groups excluding carboxylic acids is 1. The monoisotopic (exact) mass is 322 g/mol. The van der Waals surface area contributed by atoms with Crippen molar-refractivity contribution in [1.82, 2.24) is 10.2 Å². The van der Waals surface area contributed by atoms with Gasteiger partial charge in [-0.25, -0.2) is 9.18 Å². The molecule has 1 saturated heterocycles. The van der Waals surface area contributed by atoms with Crippen molar-refractivity contribution in [2.24, 2.45) is 0 Å². The first-order valence-corrected chi connectivity index (χ1v) is 8.24. The fourth-order valence-corrected chi connectivity index (χ4v) is 2.83. The molecule has 128 valence electrons. The molecule has 1 aliphatic rings. The van der Waals surface area contributed by atoms with Crippen LogP contribution >= 0.6 is 0 Å². The molecule has 23 heavy (non-hydrogen) atoms. The van der Waals surface area contributed by atoms with Crippen LogP contribution in [0.4, 0.5) is 9.18 Å².